The van der Waals surface area contributed by atoms with E-state index in [1.54, 1.807) is 36.4 Å². The number of anilines is 1. The summed E-state index contributed by atoms with van der Waals surface area (Å²) in [5, 5.41) is 21.6. The number of amides is 2. The number of phenols is 1. The van der Waals surface area contributed by atoms with Gasteiger partial charge in [-0.3, -0.25) is 14.5 Å². The molecule has 0 bridgehead atoms. The van der Waals surface area contributed by atoms with Crippen LogP contribution in [0.5, 0.6) is 17.2 Å². The first-order chi connectivity index (χ1) is 20.0. The minimum atomic E-state index is -1.14. The van der Waals surface area contributed by atoms with Gasteiger partial charge >= 0.3 is 0 Å². The van der Waals surface area contributed by atoms with Crippen molar-refractivity contribution in [1.82, 2.24) is 20.3 Å². The fourth-order valence-electron chi connectivity index (χ4n) is 4.99. The van der Waals surface area contributed by atoms with Crippen molar-refractivity contribution in [2.45, 2.75) is 38.5 Å². The Morgan fingerprint density at radius 2 is 1.95 bits per heavy atom. The van der Waals surface area contributed by atoms with E-state index < -0.39 is 17.9 Å². The highest BCUT2D eigenvalue weighted by atomic mass is 16.5. The van der Waals surface area contributed by atoms with Crippen molar-refractivity contribution in [3.05, 3.63) is 72.3 Å². The molecule has 2 amide bonds. The molecule has 11 nitrogen and oxygen atoms in total. The molecule has 41 heavy (non-hydrogen) atoms. The molecule has 0 radical (unpaired) electrons. The Morgan fingerprint density at radius 1 is 1.15 bits per heavy atom. The summed E-state index contributed by atoms with van der Waals surface area (Å²) in [6.45, 7) is 2.97. The number of benzene rings is 3. The SMILES string of the molecule is CCOc1ccccc1N(C(=O)Cn1nnc2ccccc21)C(C(=O)NCC1CCCO1)c1ccc(O)c(OC)c1. The van der Waals surface area contributed by atoms with E-state index >= 15 is 0 Å². The van der Waals surface area contributed by atoms with Gasteiger partial charge < -0.3 is 24.6 Å². The number of aromatic hydroxyl groups is 1. The van der Waals surface area contributed by atoms with Crippen molar-refractivity contribution < 1.29 is 28.9 Å². The van der Waals surface area contributed by atoms with Crippen LogP contribution in [0, 0.1) is 0 Å². The summed E-state index contributed by atoms with van der Waals surface area (Å²) in [5.41, 5.74) is 2.18. The van der Waals surface area contributed by atoms with Crippen molar-refractivity contribution in [3.63, 3.8) is 0 Å². The largest absolute Gasteiger partial charge is 0.504 e. The second kappa shape index (κ2) is 12.7. The highest BCUT2D eigenvalue weighted by Crippen LogP contribution is 2.38. The third kappa shape index (κ3) is 6.09. The van der Waals surface area contributed by atoms with Crippen molar-refractivity contribution in [2.75, 3.05) is 31.8 Å². The number of ether oxygens (including phenoxy) is 3. The quantitative estimate of drug-likeness (QED) is 0.285. The molecule has 2 N–H and O–H groups in total. The van der Waals surface area contributed by atoms with Crippen molar-refractivity contribution in [3.8, 4) is 17.2 Å². The van der Waals surface area contributed by atoms with Crippen LogP contribution >= 0.6 is 0 Å². The lowest BCUT2D eigenvalue weighted by atomic mass is 10.0. The van der Waals surface area contributed by atoms with Crippen LogP contribution in [0.1, 0.15) is 31.4 Å². The number of aromatic nitrogens is 3. The standard InChI is InChI=1S/C30H33N5O6/c1-3-40-26-13-7-6-12-24(26)35(28(37)19-34-23-11-5-4-10-22(23)32-33-34)29(20-14-15-25(36)27(17-20)39-2)30(38)31-18-21-9-8-16-41-21/h4-7,10-15,17,21,29,36H,3,8-9,16,18-19H2,1-2H3,(H,31,38). The number of para-hydroxylation sites is 3. The summed E-state index contributed by atoms with van der Waals surface area (Å²) in [5.74, 6) is -0.313. The fourth-order valence-corrected chi connectivity index (χ4v) is 4.99. The van der Waals surface area contributed by atoms with E-state index in [2.05, 4.69) is 15.6 Å². The summed E-state index contributed by atoms with van der Waals surface area (Å²) in [6.07, 6.45) is 1.67. The first kappa shape index (κ1) is 27.9. The summed E-state index contributed by atoms with van der Waals surface area (Å²) in [6, 6.07) is 17.9. The molecule has 0 aliphatic carbocycles. The smallest absolute Gasteiger partial charge is 0.249 e. The third-order valence-corrected chi connectivity index (χ3v) is 6.95. The minimum Gasteiger partial charge on any atom is -0.504 e. The van der Waals surface area contributed by atoms with Crippen LogP contribution in [-0.2, 0) is 20.9 Å². The van der Waals surface area contributed by atoms with Crippen LogP contribution < -0.4 is 19.7 Å². The number of rotatable bonds is 11. The van der Waals surface area contributed by atoms with Gasteiger partial charge in [0.1, 0.15) is 23.9 Å². The minimum absolute atomic E-state index is 0.0866. The Morgan fingerprint density at radius 3 is 2.73 bits per heavy atom. The molecule has 1 aliphatic heterocycles. The van der Waals surface area contributed by atoms with Crippen LogP contribution in [0.2, 0.25) is 0 Å². The number of fused-ring (bicyclic) bond motifs is 1. The molecule has 1 aromatic heterocycles. The van der Waals surface area contributed by atoms with Crippen LogP contribution in [-0.4, -0.2) is 64.9 Å². The van der Waals surface area contributed by atoms with Gasteiger partial charge in [-0.2, -0.15) is 0 Å². The van der Waals surface area contributed by atoms with E-state index in [4.69, 9.17) is 14.2 Å². The van der Waals surface area contributed by atoms with Gasteiger partial charge in [0.2, 0.25) is 11.8 Å². The molecule has 0 saturated carbocycles. The Labute approximate surface area is 237 Å². The molecular weight excluding hydrogens is 526 g/mol. The van der Waals surface area contributed by atoms with E-state index in [9.17, 15) is 14.7 Å². The summed E-state index contributed by atoms with van der Waals surface area (Å²) in [4.78, 5) is 29.8. The number of hydrogen-bond acceptors (Lipinski definition) is 8. The molecule has 4 aromatic rings. The Hall–Kier alpha value is -4.64. The molecule has 11 heteroatoms. The fraction of sp³-hybridized carbons (Fsp3) is 0.333. The second-order valence-electron chi connectivity index (χ2n) is 9.61. The third-order valence-electron chi connectivity index (χ3n) is 6.95. The van der Waals surface area contributed by atoms with Crippen LogP contribution in [0.15, 0.2) is 66.7 Å². The second-order valence-corrected chi connectivity index (χ2v) is 9.61. The molecule has 2 heterocycles. The Kier molecular flexibility index (Phi) is 8.64. The van der Waals surface area contributed by atoms with Crippen LogP contribution in [0.4, 0.5) is 5.69 Å². The van der Waals surface area contributed by atoms with Gasteiger partial charge in [-0.15, -0.1) is 5.10 Å². The lowest BCUT2D eigenvalue weighted by Crippen LogP contribution is -2.46. The average Bonchev–Trinajstić information content (AvgIpc) is 3.66. The number of carbonyl (C=O) groups excluding carboxylic acids is 2. The number of carbonyl (C=O) groups is 2. The number of phenolic OH excluding ortho intramolecular Hbond substituents is 1. The maximum Gasteiger partial charge on any atom is 0.249 e. The van der Waals surface area contributed by atoms with Gasteiger partial charge in [0, 0.05) is 13.2 Å². The monoisotopic (exact) mass is 559 g/mol. The van der Waals surface area contributed by atoms with Gasteiger partial charge in [-0.05, 0) is 61.7 Å². The highest BCUT2D eigenvalue weighted by Gasteiger charge is 2.36. The maximum absolute atomic E-state index is 14.3. The molecule has 1 aliphatic rings. The van der Waals surface area contributed by atoms with Crippen molar-refractivity contribution in [2.24, 2.45) is 0 Å². The lowest BCUT2D eigenvalue weighted by molar-refractivity contribution is -0.127. The highest BCUT2D eigenvalue weighted by molar-refractivity contribution is 6.02. The topological polar surface area (TPSA) is 128 Å². The number of methoxy groups -OCH3 is 1. The molecule has 2 unspecified atom stereocenters. The maximum atomic E-state index is 14.3. The molecule has 0 spiro atoms. The molecule has 1 saturated heterocycles. The van der Waals surface area contributed by atoms with Gasteiger partial charge in [-0.25, -0.2) is 4.68 Å². The predicted octanol–water partition coefficient (Wildman–Crippen LogP) is 3.61. The van der Waals surface area contributed by atoms with Crippen molar-refractivity contribution >= 4 is 28.5 Å². The molecular formula is C30H33N5O6. The summed E-state index contributed by atoms with van der Waals surface area (Å²) >= 11 is 0. The zero-order valence-corrected chi connectivity index (χ0v) is 23.0. The average molecular weight is 560 g/mol. The Bertz CT molecular complexity index is 1520. The number of hydrogen-bond donors (Lipinski definition) is 2. The van der Waals surface area contributed by atoms with Crippen molar-refractivity contribution in [1.29, 1.82) is 0 Å². The summed E-state index contributed by atoms with van der Waals surface area (Å²) in [7, 11) is 1.43. The van der Waals surface area contributed by atoms with E-state index in [1.165, 1.54) is 22.8 Å². The molecule has 3 aromatic carbocycles. The van der Waals surface area contributed by atoms with Gasteiger partial charge in [-0.1, -0.05) is 35.5 Å². The van der Waals surface area contributed by atoms with Gasteiger partial charge in [0.25, 0.3) is 0 Å². The van der Waals surface area contributed by atoms with E-state index in [0.29, 0.717) is 47.8 Å². The molecule has 5 rings (SSSR count). The lowest BCUT2D eigenvalue weighted by Gasteiger charge is -2.33. The first-order valence-electron chi connectivity index (χ1n) is 13.6. The van der Waals surface area contributed by atoms with Crippen LogP contribution in [0.3, 0.4) is 0 Å². The number of nitrogens with zero attached hydrogens (tertiary/aromatic N) is 4. The van der Waals surface area contributed by atoms with E-state index in [0.717, 1.165) is 12.8 Å². The predicted molar refractivity (Wildman–Crippen MR) is 152 cm³/mol. The van der Waals surface area contributed by atoms with Gasteiger partial charge in [0.05, 0.1) is 31.0 Å². The summed E-state index contributed by atoms with van der Waals surface area (Å²) < 4.78 is 18.5. The van der Waals surface area contributed by atoms with Gasteiger partial charge in [0.15, 0.2) is 11.5 Å². The Balaban J connectivity index is 1.60. The van der Waals surface area contributed by atoms with E-state index in [-0.39, 0.29) is 24.1 Å². The zero-order valence-electron chi connectivity index (χ0n) is 23.0. The molecule has 1 fully saturated rings. The normalized spacial score (nSPS) is 15.4. The zero-order chi connectivity index (χ0) is 28.8. The van der Waals surface area contributed by atoms with Crippen LogP contribution in [0.25, 0.3) is 11.0 Å². The molecule has 2 atom stereocenters. The molecule has 214 valence electrons. The van der Waals surface area contributed by atoms with E-state index in [1.807, 2.05) is 31.2 Å². The first-order valence-corrected chi connectivity index (χ1v) is 13.6. The number of nitrogens with one attached hydrogen (secondary N) is 1.